The number of nitrogens with zero attached hydrogens (tertiary/aromatic N) is 2. The van der Waals surface area contributed by atoms with Crippen LogP contribution in [0.4, 0.5) is 5.69 Å². The maximum Gasteiger partial charge on any atom is 0.135 e. The molecule has 0 amide bonds. The Morgan fingerprint density at radius 3 is 2.56 bits per heavy atom. The van der Waals surface area contributed by atoms with Crippen LogP contribution in [0.3, 0.4) is 0 Å². The summed E-state index contributed by atoms with van der Waals surface area (Å²) in [5, 5.41) is 20.5. The maximum atomic E-state index is 8.62. The molecule has 0 fully saturated rings. The molecule has 0 atom stereocenters. The van der Waals surface area contributed by atoms with Crippen LogP contribution in [0.1, 0.15) is 17.5 Å². The first-order valence-corrected chi connectivity index (χ1v) is 5.28. The van der Waals surface area contributed by atoms with Crippen molar-refractivity contribution in [3.63, 3.8) is 0 Å². The van der Waals surface area contributed by atoms with Gasteiger partial charge in [0.05, 0.1) is 12.1 Å². The lowest BCUT2D eigenvalue weighted by molar-refractivity contribution is 0.764. The van der Waals surface area contributed by atoms with Crippen molar-refractivity contribution in [2.75, 3.05) is 11.9 Å². The van der Waals surface area contributed by atoms with E-state index in [4.69, 9.17) is 10.5 Å². The molecular weight excluding hydrogens is 198 g/mol. The molecule has 0 aliphatic rings. The number of hydrogen-bond donors (Lipinski definition) is 1. The quantitative estimate of drug-likeness (QED) is 0.836. The zero-order chi connectivity index (χ0) is 12.0. The van der Waals surface area contributed by atoms with E-state index in [0.29, 0.717) is 13.0 Å². The van der Waals surface area contributed by atoms with E-state index in [1.165, 1.54) is 11.1 Å². The Kier molecular flexibility index (Phi) is 4.36. The van der Waals surface area contributed by atoms with Crippen molar-refractivity contribution in [1.82, 2.24) is 0 Å². The van der Waals surface area contributed by atoms with Gasteiger partial charge in [-0.25, -0.2) is 0 Å². The van der Waals surface area contributed by atoms with Crippen LogP contribution in [0.25, 0.3) is 0 Å². The molecule has 16 heavy (non-hydrogen) atoms. The number of anilines is 1. The van der Waals surface area contributed by atoms with Gasteiger partial charge in [0.25, 0.3) is 0 Å². The number of benzene rings is 1. The van der Waals surface area contributed by atoms with Crippen LogP contribution in [0.5, 0.6) is 0 Å². The minimum atomic E-state index is -0.516. The summed E-state index contributed by atoms with van der Waals surface area (Å²) in [5.74, 6) is -0.516. The van der Waals surface area contributed by atoms with E-state index in [1.54, 1.807) is 0 Å². The number of nitrogens with one attached hydrogen (secondary N) is 1. The van der Waals surface area contributed by atoms with Gasteiger partial charge in [-0.1, -0.05) is 12.1 Å². The van der Waals surface area contributed by atoms with Gasteiger partial charge in [0.1, 0.15) is 5.92 Å². The Labute approximate surface area is 96.3 Å². The van der Waals surface area contributed by atoms with Gasteiger partial charge in [0.2, 0.25) is 0 Å². The zero-order valence-electron chi connectivity index (χ0n) is 9.62. The Bertz CT molecular complexity index is 423. The third-order valence-corrected chi connectivity index (χ3v) is 2.66. The van der Waals surface area contributed by atoms with Gasteiger partial charge in [-0.05, 0) is 37.5 Å². The fourth-order valence-corrected chi connectivity index (χ4v) is 1.45. The highest BCUT2D eigenvalue weighted by molar-refractivity contribution is 5.53. The van der Waals surface area contributed by atoms with Gasteiger partial charge in [0, 0.05) is 12.2 Å². The van der Waals surface area contributed by atoms with Crippen molar-refractivity contribution in [1.29, 1.82) is 10.5 Å². The van der Waals surface area contributed by atoms with Crippen molar-refractivity contribution in [3.05, 3.63) is 29.3 Å². The molecular formula is C13H15N3. The van der Waals surface area contributed by atoms with E-state index >= 15 is 0 Å². The molecule has 0 heterocycles. The summed E-state index contributed by atoms with van der Waals surface area (Å²) in [6.45, 7) is 4.77. The molecule has 0 aliphatic heterocycles. The topological polar surface area (TPSA) is 59.6 Å². The van der Waals surface area contributed by atoms with E-state index in [-0.39, 0.29) is 0 Å². The monoisotopic (exact) mass is 213 g/mol. The van der Waals surface area contributed by atoms with Crippen molar-refractivity contribution < 1.29 is 0 Å². The van der Waals surface area contributed by atoms with Crippen molar-refractivity contribution in [2.45, 2.75) is 20.3 Å². The summed E-state index contributed by atoms with van der Waals surface area (Å²) >= 11 is 0. The molecule has 1 aromatic rings. The highest BCUT2D eigenvalue weighted by Crippen LogP contribution is 2.18. The molecule has 1 aromatic carbocycles. The van der Waals surface area contributed by atoms with Crippen LogP contribution in [0.15, 0.2) is 18.2 Å². The summed E-state index contributed by atoms with van der Waals surface area (Å²) in [4.78, 5) is 0. The molecule has 3 nitrogen and oxygen atoms in total. The minimum absolute atomic E-state index is 0.516. The average molecular weight is 213 g/mol. The molecule has 1 rings (SSSR count). The Hall–Kier alpha value is -2.00. The van der Waals surface area contributed by atoms with Crippen molar-refractivity contribution in [2.24, 2.45) is 5.92 Å². The van der Waals surface area contributed by atoms with Crippen molar-refractivity contribution in [3.8, 4) is 12.1 Å². The second-order valence-electron chi connectivity index (χ2n) is 3.77. The first-order chi connectivity index (χ1) is 7.69. The fourth-order valence-electron chi connectivity index (χ4n) is 1.45. The zero-order valence-corrected chi connectivity index (χ0v) is 9.62. The summed E-state index contributed by atoms with van der Waals surface area (Å²) in [7, 11) is 0. The highest BCUT2D eigenvalue weighted by Gasteiger charge is 2.05. The van der Waals surface area contributed by atoms with E-state index in [9.17, 15) is 0 Å². The van der Waals surface area contributed by atoms with Gasteiger partial charge in [-0.15, -0.1) is 0 Å². The van der Waals surface area contributed by atoms with E-state index in [1.807, 2.05) is 24.3 Å². The lowest BCUT2D eigenvalue weighted by atomic mass is 10.1. The molecule has 0 radical (unpaired) electrons. The van der Waals surface area contributed by atoms with Crippen LogP contribution >= 0.6 is 0 Å². The predicted octanol–water partition coefficient (Wildman–Crippen LogP) is 2.77. The molecule has 82 valence electrons. The number of rotatable bonds is 4. The predicted molar refractivity (Wildman–Crippen MR) is 63.7 cm³/mol. The molecule has 1 N–H and O–H groups in total. The van der Waals surface area contributed by atoms with E-state index < -0.39 is 5.92 Å². The first kappa shape index (κ1) is 12.1. The lowest BCUT2D eigenvalue weighted by Gasteiger charge is -2.11. The third kappa shape index (κ3) is 3.00. The van der Waals surface area contributed by atoms with Gasteiger partial charge in [0.15, 0.2) is 0 Å². The second-order valence-corrected chi connectivity index (χ2v) is 3.77. The van der Waals surface area contributed by atoms with Crippen LogP contribution in [0.2, 0.25) is 0 Å². The molecule has 0 unspecified atom stereocenters. The maximum absolute atomic E-state index is 8.62. The summed E-state index contributed by atoms with van der Waals surface area (Å²) in [6, 6.07) is 10.00. The summed E-state index contributed by atoms with van der Waals surface area (Å²) in [6.07, 6.45) is 0.556. The van der Waals surface area contributed by atoms with E-state index in [0.717, 1.165) is 5.69 Å². The summed E-state index contributed by atoms with van der Waals surface area (Å²) in [5.41, 5.74) is 3.53. The second kappa shape index (κ2) is 5.78. The number of hydrogen-bond acceptors (Lipinski definition) is 3. The third-order valence-electron chi connectivity index (χ3n) is 2.66. The fraction of sp³-hybridized carbons (Fsp3) is 0.385. The van der Waals surface area contributed by atoms with Crippen LogP contribution in [0, 0.1) is 42.4 Å². The molecule has 0 aliphatic carbocycles. The van der Waals surface area contributed by atoms with Gasteiger partial charge in [-0.2, -0.15) is 10.5 Å². The van der Waals surface area contributed by atoms with Crippen LogP contribution in [-0.2, 0) is 0 Å². The number of nitriles is 2. The normalized spacial score (nSPS) is 9.56. The average Bonchev–Trinajstić information content (AvgIpc) is 2.30. The minimum Gasteiger partial charge on any atom is -0.385 e. The van der Waals surface area contributed by atoms with E-state index in [2.05, 4.69) is 25.2 Å². The molecule has 0 bridgehead atoms. The summed E-state index contributed by atoms with van der Waals surface area (Å²) < 4.78 is 0. The van der Waals surface area contributed by atoms with Crippen LogP contribution in [-0.4, -0.2) is 6.54 Å². The molecule has 3 heteroatoms. The molecule has 0 spiro atoms. The molecule has 0 saturated carbocycles. The SMILES string of the molecule is Cc1cccc(NCCC(C#N)C#N)c1C. The Balaban J connectivity index is 2.54. The van der Waals surface area contributed by atoms with Gasteiger partial charge < -0.3 is 5.32 Å². The number of aryl methyl sites for hydroxylation is 1. The lowest BCUT2D eigenvalue weighted by Crippen LogP contribution is -2.07. The first-order valence-electron chi connectivity index (χ1n) is 5.28. The Morgan fingerprint density at radius 2 is 1.94 bits per heavy atom. The molecule has 0 saturated heterocycles. The van der Waals surface area contributed by atoms with Gasteiger partial charge >= 0.3 is 0 Å². The van der Waals surface area contributed by atoms with Crippen LogP contribution < -0.4 is 5.32 Å². The van der Waals surface area contributed by atoms with Crippen molar-refractivity contribution >= 4 is 5.69 Å². The van der Waals surface area contributed by atoms with Gasteiger partial charge in [-0.3, -0.25) is 0 Å². The molecule has 0 aromatic heterocycles. The largest absolute Gasteiger partial charge is 0.385 e. The highest BCUT2D eigenvalue weighted by atomic mass is 14.9. The Morgan fingerprint density at radius 1 is 1.25 bits per heavy atom. The smallest absolute Gasteiger partial charge is 0.135 e. The standard InChI is InChI=1S/C13H15N3/c1-10-4-3-5-13(11(10)2)16-7-6-12(8-14)9-15/h3-5,12,16H,6-7H2,1-2H3.